The Morgan fingerprint density at radius 1 is 0.311 bits per heavy atom. The number of aliphatic hydroxyl groups excluding tert-OH is 1. The zero-order chi connectivity index (χ0) is 66.8. The van der Waals surface area contributed by atoms with Gasteiger partial charge in [-0.2, -0.15) is 0 Å². The Morgan fingerprint density at radius 2 is 0.533 bits per heavy atom. The third-order valence-electron chi connectivity index (χ3n) is 16.7. The summed E-state index contributed by atoms with van der Waals surface area (Å²) in [4.78, 5) is 72.6. The van der Waals surface area contributed by atoms with Crippen LogP contribution in [0.5, 0.6) is 0 Å². The maximum atomic E-state index is 13.0. The topological polar surface area (TPSA) is 237 Å². The minimum Gasteiger partial charge on any atom is -0.462 e. The highest BCUT2D eigenvalue weighted by Gasteiger charge is 2.30. The Kier molecular flexibility index (Phi) is 59.4. The van der Waals surface area contributed by atoms with Crippen molar-refractivity contribution in [3.8, 4) is 0 Å². The molecule has 0 aliphatic heterocycles. The molecule has 534 valence electrons. The summed E-state index contributed by atoms with van der Waals surface area (Å²) in [5.74, 6) is 0.871. The Bertz CT molecular complexity index is 1780. The van der Waals surface area contributed by atoms with E-state index in [4.69, 9.17) is 37.0 Å². The smallest absolute Gasteiger partial charge is 0.462 e. The minimum atomic E-state index is -4.95. The molecule has 0 bridgehead atoms. The van der Waals surface area contributed by atoms with E-state index >= 15 is 0 Å². The first kappa shape index (κ1) is 88.1. The SMILES string of the molecule is CCC(C)CCCCCCCCCCCCC(=O)O[C@H](COC(=O)CCCCCCCCCCCCCCC(C)C)COP(=O)(O)OC[C@@H](O)COP(=O)(O)OC[C@@H](COC(=O)CCCCCCCCC(C)C)OC(=O)CCCCCCCCCCCC(C)C. The second-order valence-electron chi connectivity index (χ2n) is 27.3. The van der Waals surface area contributed by atoms with Crippen LogP contribution >= 0.6 is 15.6 Å². The van der Waals surface area contributed by atoms with Crippen molar-refractivity contribution in [3.05, 3.63) is 0 Å². The fraction of sp³-hybridized carbons (Fsp3) is 0.944. The van der Waals surface area contributed by atoms with Crippen LogP contribution in [0.4, 0.5) is 0 Å². The summed E-state index contributed by atoms with van der Waals surface area (Å²) in [5.41, 5.74) is 0. The molecule has 17 nitrogen and oxygen atoms in total. The van der Waals surface area contributed by atoms with Gasteiger partial charge in [-0.3, -0.25) is 37.3 Å². The molecule has 0 aliphatic rings. The zero-order valence-corrected chi connectivity index (χ0v) is 60.6. The third-order valence-corrected chi connectivity index (χ3v) is 18.6. The van der Waals surface area contributed by atoms with E-state index in [0.29, 0.717) is 31.6 Å². The number of carbonyl (C=O) groups excluding carboxylic acids is 4. The van der Waals surface area contributed by atoms with Gasteiger partial charge in [-0.1, -0.05) is 299 Å². The molecule has 19 heteroatoms. The maximum absolute atomic E-state index is 13.0. The van der Waals surface area contributed by atoms with Gasteiger partial charge in [-0.25, -0.2) is 9.13 Å². The fourth-order valence-corrected chi connectivity index (χ4v) is 12.2. The number of unbranched alkanes of at least 4 members (excludes halogenated alkanes) is 33. The lowest BCUT2D eigenvalue weighted by Gasteiger charge is -2.21. The third kappa shape index (κ3) is 63.5. The van der Waals surface area contributed by atoms with E-state index in [1.165, 1.54) is 148 Å². The summed E-state index contributed by atoms with van der Waals surface area (Å²) in [6.07, 6.45) is 43.1. The van der Waals surface area contributed by atoms with Crippen LogP contribution in [0.15, 0.2) is 0 Å². The Balaban J connectivity index is 5.25. The Morgan fingerprint density at radius 3 is 0.789 bits per heavy atom. The molecule has 0 amide bonds. The first-order valence-corrected chi connectivity index (χ1v) is 39.7. The molecule has 0 rings (SSSR count). The van der Waals surface area contributed by atoms with Gasteiger partial charge in [-0.05, 0) is 49.4 Å². The number of ether oxygens (including phenoxy) is 4. The second kappa shape index (κ2) is 60.7. The number of phosphoric ester groups is 2. The molecule has 0 heterocycles. The molecule has 0 aromatic rings. The fourth-order valence-electron chi connectivity index (χ4n) is 10.6. The highest BCUT2D eigenvalue weighted by molar-refractivity contribution is 7.47. The molecular weight excluding hydrogens is 1190 g/mol. The molecule has 3 unspecified atom stereocenters. The summed E-state index contributed by atoms with van der Waals surface area (Å²) in [7, 11) is -9.90. The number of phosphoric acid groups is 2. The first-order chi connectivity index (χ1) is 43.1. The van der Waals surface area contributed by atoms with Crippen molar-refractivity contribution in [3.63, 3.8) is 0 Å². The highest BCUT2D eigenvalue weighted by atomic mass is 31.2. The summed E-state index contributed by atoms with van der Waals surface area (Å²) in [6, 6.07) is 0. The first-order valence-electron chi connectivity index (χ1n) is 36.7. The van der Waals surface area contributed by atoms with Crippen LogP contribution in [-0.4, -0.2) is 96.7 Å². The summed E-state index contributed by atoms with van der Waals surface area (Å²) in [6.45, 7) is 14.1. The van der Waals surface area contributed by atoms with Gasteiger partial charge < -0.3 is 33.8 Å². The van der Waals surface area contributed by atoms with E-state index in [-0.39, 0.29) is 25.7 Å². The molecule has 0 spiro atoms. The molecule has 0 saturated carbocycles. The quantitative estimate of drug-likeness (QED) is 0.0222. The van der Waals surface area contributed by atoms with Crippen LogP contribution in [0.3, 0.4) is 0 Å². The molecule has 0 aromatic heterocycles. The van der Waals surface area contributed by atoms with E-state index in [1.54, 1.807) is 0 Å². The number of carbonyl (C=O) groups is 4. The van der Waals surface area contributed by atoms with Gasteiger partial charge in [-0.15, -0.1) is 0 Å². The molecule has 6 atom stereocenters. The monoisotopic (exact) mass is 1320 g/mol. The molecule has 0 aliphatic carbocycles. The summed E-state index contributed by atoms with van der Waals surface area (Å²) < 4.78 is 68.3. The van der Waals surface area contributed by atoms with Crippen molar-refractivity contribution in [2.24, 2.45) is 23.7 Å². The molecule has 0 saturated heterocycles. The lowest BCUT2D eigenvalue weighted by Crippen LogP contribution is -2.30. The normalized spacial score (nSPS) is 14.6. The van der Waals surface area contributed by atoms with Gasteiger partial charge in [0.1, 0.15) is 19.3 Å². The van der Waals surface area contributed by atoms with E-state index in [2.05, 4.69) is 55.4 Å². The predicted octanol–water partition coefficient (Wildman–Crippen LogP) is 20.1. The summed E-state index contributed by atoms with van der Waals surface area (Å²) >= 11 is 0. The van der Waals surface area contributed by atoms with Crippen molar-refractivity contribution in [1.82, 2.24) is 0 Å². The lowest BCUT2D eigenvalue weighted by atomic mass is 9.99. The largest absolute Gasteiger partial charge is 0.472 e. The van der Waals surface area contributed by atoms with Gasteiger partial charge in [0.2, 0.25) is 0 Å². The number of esters is 4. The molecule has 90 heavy (non-hydrogen) atoms. The van der Waals surface area contributed by atoms with Crippen molar-refractivity contribution in [2.75, 3.05) is 39.6 Å². The maximum Gasteiger partial charge on any atom is 0.472 e. The van der Waals surface area contributed by atoms with Crippen LogP contribution in [0.2, 0.25) is 0 Å². The predicted molar refractivity (Wildman–Crippen MR) is 363 cm³/mol. The number of aliphatic hydroxyl groups is 1. The van der Waals surface area contributed by atoms with Gasteiger partial charge in [0.25, 0.3) is 0 Å². The van der Waals surface area contributed by atoms with Crippen molar-refractivity contribution >= 4 is 39.5 Å². The molecule has 0 fully saturated rings. The Hall–Kier alpha value is -1.94. The highest BCUT2D eigenvalue weighted by Crippen LogP contribution is 2.45. The van der Waals surface area contributed by atoms with E-state index in [9.17, 15) is 43.2 Å². The van der Waals surface area contributed by atoms with Crippen molar-refractivity contribution < 1.29 is 80.2 Å². The summed E-state index contributed by atoms with van der Waals surface area (Å²) in [5, 5.41) is 10.6. The van der Waals surface area contributed by atoms with E-state index in [0.717, 1.165) is 114 Å². The van der Waals surface area contributed by atoms with Gasteiger partial charge >= 0.3 is 39.5 Å². The molecular formula is C71H138O17P2. The minimum absolute atomic E-state index is 0.104. The van der Waals surface area contributed by atoms with Crippen LogP contribution in [0.25, 0.3) is 0 Å². The van der Waals surface area contributed by atoms with Crippen molar-refractivity contribution in [1.29, 1.82) is 0 Å². The average molecular weight is 1330 g/mol. The van der Waals surface area contributed by atoms with Gasteiger partial charge in [0, 0.05) is 25.7 Å². The molecule has 0 radical (unpaired) electrons. The van der Waals surface area contributed by atoms with Gasteiger partial charge in [0.05, 0.1) is 26.4 Å². The Labute approximate surface area is 549 Å². The van der Waals surface area contributed by atoms with Crippen LogP contribution in [-0.2, 0) is 65.4 Å². The van der Waals surface area contributed by atoms with E-state index < -0.39 is 97.5 Å². The lowest BCUT2D eigenvalue weighted by molar-refractivity contribution is -0.161. The standard InChI is InChI=1S/C71H138O17P2/c1-9-64(8)50-42-34-25-19-14-15-21-27-37-45-53-70(75)87-66(57-81-68(73)51-43-35-26-20-13-11-10-12-17-23-31-39-47-61(2)3)59-85-89(77,78)83-55-65(72)56-84-90(79,80)86-60-67(58-82-69(74)52-44-36-30-29-33-41-49-63(6)7)88-71(76)54-46-38-28-22-16-18-24-32-40-48-62(4)5/h61-67,72H,9-60H2,1-8H3,(H,77,78)(H,79,80)/t64?,65-,66-,67-/m1/s1. The second-order valence-corrected chi connectivity index (χ2v) is 30.2. The van der Waals surface area contributed by atoms with Crippen LogP contribution in [0, 0.1) is 23.7 Å². The van der Waals surface area contributed by atoms with Crippen LogP contribution in [0.1, 0.15) is 351 Å². The molecule has 0 aromatic carbocycles. The van der Waals surface area contributed by atoms with Gasteiger partial charge in [0.15, 0.2) is 12.2 Å². The van der Waals surface area contributed by atoms with Crippen molar-refractivity contribution in [2.45, 2.75) is 369 Å². The number of hydrogen-bond donors (Lipinski definition) is 3. The average Bonchev–Trinajstić information content (AvgIpc) is 3.32. The number of hydrogen-bond acceptors (Lipinski definition) is 15. The number of rotatable bonds is 68. The van der Waals surface area contributed by atoms with Crippen LogP contribution < -0.4 is 0 Å². The zero-order valence-electron chi connectivity index (χ0n) is 58.8. The molecule has 3 N–H and O–H groups in total. The van der Waals surface area contributed by atoms with E-state index in [1.807, 2.05) is 0 Å².